The van der Waals surface area contributed by atoms with Gasteiger partial charge in [-0.25, -0.2) is 4.39 Å². The van der Waals surface area contributed by atoms with E-state index < -0.39 is 0 Å². The van der Waals surface area contributed by atoms with Crippen LogP contribution in [0, 0.1) is 11.2 Å². The second-order valence-corrected chi connectivity index (χ2v) is 7.28. The fraction of sp³-hybridized carbons (Fsp3) is 0. The summed E-state index contributed by atoms with van der Waals surface area (Å²) in [6, 6.07) is 34.3. The van der Waals surface area contributed by atoms with Gasteiger partial charge in [-0.2, -0.15) is 0 Å². The topological polar surface area (TPSA) is 49.9 Å². The highest BCUT2D eigenvalue weighted by Crippen LogP contribution is 2.38. The first-order valence-electron chi connectivity index (χ1n) is 10.4. The lowest BCUT2D eigenvalue weighted by Gasteiger charge is -2.14. The Bertz CT molecular complexity index is 1330. The molecule has 156 valence electrons. The third-order valence-corrected chi connectivity index (χ3v) is 5.35. The molecule has 0 atom stereocenters. The van der Waals surface area contributed by atoms with E-state index in [-0.39, 0.29) is 5.82 Å². The Morgan fingerprint density at radius 3 is 1.47 bits per heavy atom. The second kappa shape index (κ2) is 9.71. The zero-order chi connectivity index (χ0) is 22.3. The Kier molecular flexibility index (Phi) is 6.38. The summed E-state index contributed by atoms with van der Waals surface area (Å²) < 4.78 is 15.0. The summed E-state index contributed by atoms with van der Waals surface area (Å²) >= 11 is 0. The van der Waals surface area contributed by atoms with Gasteiger partial charge in [0.25, 0.3) is 0 Å². The van der Waals surface area contributed by atoms with Crippen LogP contribution in [0.1, 0.15) is 0 Å². The van der Waals surface area contributed by atoms with Gasteiger partial charge in [-0.3, -0.25) is 0 Å². The zero-order valence-electron chi connectivity index (χ0n) is 17.5. The first kappa shape index (κ1) is 21.0. The molecule has 0 spiro atoms. The number of allylic oxidation sites excluding steroid dienone is 1. The van der Waals surface area contributed by atoms with Crippen LogP contribution in [0.2, 0.25) is 0 Å². The third-order valence-electron chi connectivity index (χ3n) is 5.35. The summed E-state index contributed by atoms with van der Waals surface area (Å²) in [5.41, 5.74) is 9.36. The number of hydrogen-bond donors (Lipinski definition) is 2. The average Bonchev–Trinajstić information content (AvgIpc) is 2.86. The lowest BCUT2D eigenvalue weighted by Crippen LogP contribution is -1.90. The van der Waals surface area contributed by atoms with Crippen molar-refractivity contribution in [3.8, 4) is 22.3 Å². The Hall–Kier alpha value is -4.24. The van der Waals surface area contributed by atoms with Gasteiger partial charge in [0, 0.05) is 17.0 Å². The number of rotatable bonds is 3. The van der Waals surface area contributed by atoms with Gasteiger partial charge in [0.1, 0.15) is 5.82 Å². The van der Waals surface area contributed by atoms with Gasteiger partial charge < -0.3 is 11.1 Å². The highest BCUT2D eigenvalue weighted by atomic mass is 19.1. The molecule has 0 saturated heterocycles. The standard InChI is InChI=1S/C26H17F.C3H6N2/c27-26-23-12-6-4-10-21(23)25(22-11-5-7-13-24(22)26)20-16-14-19(15-17-20)18-8-2-1-3-9-18;4-2-1-3-5/h1-17H;1-4H,5H2/b;3-1-,4-2?. The number of benzene rings is 5. The zero-order valence-corrected chi connectivity index (χ0v) is 17.5. The molecule has 5 rings (SSSR count). The van der Waals surface area contributed by atoms with Crippen molar-refractivity contribution in [2.75, 3.05) is 0 Å². The molecular formula is C29H23FN2. The van der Waals surface area contributed by atoms with Crippen molar-refractivity contribution in [1.82, 2.24) is 0 Å². The molecule has 5 aromatic carbocycles. The molecule has 32 heavy (non-hydrogen) atoms. The summed E-state index contributed by atoms with van der Waals surface area (Å²) in [5, 5.41) is 9.53. The van der Waals surface area contributed by atoms with E-state index in [0.29, 0.717) is 10.8 Å². The maximum Gasteiger partial charge on any atom is 0.138 e. The minimum absolute atomic E-state index is 0.147. The Morgan fingerprint density at radius 1 is 0.562 bits per heavy atom. The van der Waals surface area contributed by atoms with Crippen molar-refractivity contribution in [1.29, 1.82) is 5.41 Å². The van der Waals surface area contributed by atoms with Crippen LogP contribution in [0.4, 0.5) is 4.39 Å². The first-order chi connectivity index (χ1) is 15.7. The summed E-state index contributed by atoms with van der Waals surface area (Å²) in [4.78, 5) is 0. The number of hydrogen-bond acceptors (Lipinski definition) is 2. The van der Waals surface area contributed by atoms with Gasteiger partial charge in [-0.1, -0.05) is 103 Å². The molecule has 0 aliphatic rings. The number of nitrogens with two attached hydrogens (primary N) is 1. The maximum absolute atomic E-state index is 15.0. The van der Waals surface area contributed by atoms with E-state index in [2.05, 4.69) is 36.4 Å². The van der Waals surface area contributed by atoms with Gasteiger partial charge >= 0.3 is 0 Å². The maximum atomic E-state index is 15.0. The smallest absolute Gasteiger partial charge is 0.138 e. The molecule has 0 fully saturated rings. The van der Waals surface area contributed by atoms with Crippen LogP contribution in [0.3, 0.4) is 0 Å². The quantitative estimate of drug-likeness (QED) is 0.230. The van der Waals surface area contributed by atoms with E-state index >= 15 is 4.39 Å². The minimum atomic E-state index is -0.147. The number of nitrogens with one attached hydrogen (secondary N) is 1. The SMILES string of the molecule is Fc1c2ccccc2c(-c2ccc(-c3ccccc3)cc2)c2ccccc12.N=C/C=C\N. The minimum Gasteiger partial charge on any atom is -0.405 e. The molecule has 2 nitrogen and oxygen atoms in total. The van der Waals surface area contributed by atoms with Crippen molar-refractivity contribution in [3.63, 3.8) is 0 Å². The van der Waals surface area contributed by atoms with Crippen LogP contribution >= 0.6 is 0 Å². The van der Waals surface area contributed by atoms with Crippen molar-refractivity contribution < 1.29 is 4.39 Å². The van der Waals surface area contributed by atoms with Crippen LogP contribution < -0.4 is 5.73 Å². The van der Waals surface area contributed by atoms with E-state index in [1.54, 1.807) is 0 Å². The molecule has 0 heterocycles. The highest BCUT2D eigenvalue weighted by molar-refractivity contribution is 6.13. The predicted molar refractivity (Wildman–Crippen MR) is 134 cm³/mol. The number of fused-ring (bicyclic) bond motifs is 2. The summed E-state index contributed by atoms with van der Waals surface area (Å²) in [6.45, 7) is 0. The van der Waals surface area contributed by atoms with Crippen molar-refractivity contribution in [2.24, 2.45) is 5.73 Å². The first-order valence-corrected chi connectivity index (χ1v) is 10.4. The fourth-order valence-electron chi connectivity index (χ4n) is 3.90. The van der Waals surface area contributed by atoms with Gasteiger partial charge in [0.05, 0.1) is 0 Å². The molecule has 3 heteroatoms. The second-order valence-electron chi connectivity index (χ2n) is 7.28. The van der Waals surface area contributed by atoms with Crippen LogP contribution in [0.15, 0.2) is 115 Å². The molecule has 0 unspecified atom stereocenters. The van der Waals surface area contributed by atoms with E-state index in [1.807, 2.05) is 66.7 Å². The van der Waals surface area contributed by atoms with Crippen LogP contribution in [0.25, 0.3) is 43.8 Å². The van der Waals surface area contributed by atoms with Crippen molar-refractivity contribution >= 4 is 27.8 Å². The van der Waals surface area contributed by atoms with Crippen molar-refractivity contribution in [3.05, 3.63) is 121 Å². The fourth-order valence-corrected chi connectivity index (χ4v) is 3.90. The van der Waals surface area contributed by atoms with E-state index in [9.17, 15) is 0 Å². The normalized spacial score (nSPS) is 10.8. The van der Waals surface area contributed by atoms with Gasteiger partial charge in [-0.15, -0.1) is 0 Å². The molecule has 0 aromatic heterocycles. The van der Waals surface area contributed by atoms with Gasteiger partial charge in [-0.05, 0) is 45.3 Å². The predicted octanol–water partition coefficient (Wildman–Crippen LogP) is 7.57. The molecule has 0 saturated carbocycles. The molecule has 0 aliphatic carbocycles. The lowest BCUT2D eigenvalue weighted by molar-refractivity contribution is 0.651. The average molecular weight is 419 g/mol. The molecular weight excluding hydrogens is 395 g/mol. The molecule has 0 amide bonds. The van der Waals surface area contributed by atoms with Crippen LogP contribution in [-0.4, -0.2) is 6.21 Å². The monoisotopic (exact) mass is 418 g/mol. The largest absolute Gasteiger partial charge is 0.405 e. The molecule has 5 aromatic rings. The number of halogens is 1. The summed E-state index contributed by atoms with van der Waals surface area (Å²) in [7, 11) is 0. The Morgan fingerprint density at radius 2 is 1.00 bits per heavy atom. The van der Waals surface area contributed by atoms with Gasteiger partial charge in [0.2, 0.25) is 0 Å². The van der Waals surface area contributed by atoms with Crippen LogP contribution in [0.5, 0.6) is 0 Å². The van der Waals surface area contributed by atoms with Crippen molar-refractivity contribution in [2.45, 2.75) is 0 Å². The Labute approximate surface area is 187 Å². The molecule has 0 radical (unpaired) electrons. The van der Waals surface area contributed by atoms with E-state index in [1.165, 1.54) is 23.4 Å². The molecule has 0 aliphatic heterocycles. The molecule has 0 bridgehead atoms. The molecule has 3 N–H and O–H groups in total. The lowest BCUT2D eigenvalue weighted by atomic mass is 9.91. The third kappa shape index (κ3) is 4.14. The summed E-state index contributed by atoms with van der Waals surface area (Å²) in [5.74, 6) is -0.147. The summed E-state index contributed by atoms with van der Waals surface area (Å²) in [6.07, 6.45) is 3.88. The van der Waals surface area contributed by atoms with E-state index in [0.717, 1.165) is 28.1 Å². The van der Waals surface area contributed by atoms with E-state index in [4.69, 9.17) is 11.1 Å². The van der Waals surface area contributed by atoms with Crippen LogP contribution in [-0.2, 0) is 0 Å². The Balaban J connectivity index is 0.000000444. The van der Waals surface area contributed by atoms with Gasteiger partial charge in [0.15, 0.2) is 0 Å². The highest BCUT2D eigenvalue weighted by Gasteiger charge is 2.14.